The molecule has 1 unspecified atom stereocenters. The standard InChI is InChI=1S/C11H24N2O/c1-14-11(9-12)10-13-7-5-3-2-4-6-8-13/h11H,2-10,12H2,1H3. The Kier molecular flexibility index (Phi) is 6.15. The average Bonchev–Trinajstić information content (AvgIpc) is 2.16. The van der Waals surface area contributed by atoms with Gasteiger partial charge >= 0.3 is 0 Å². The number of hydrogen-bond acceptors (Lipinski definition) is 3. The van der Waals surface area contributed by atoms with E-state index in [0.717, 1.165) is 6.54 Å². The summed E-state index contributed by atoms with van der Waals surface area (Å²) in [7, 11) is 1.75. The smallest absolute Gasteiger partial charge is 0.0820 e. The first kappa shape index (κ1) is 12.0. The van der Waals surface area contributed by atoms with Crippen LogP contribution in [0, 0.1) is 0 Å². The van der Waals surface area contributed by atoms with Crippen molar-refractivity contribution in [3.63, 3.8) is 0 Å². The fraction of sp³-hybridized carbons (Fsp3) is 1.00. The molecule has 1 aliphatic heterocycles. The first-order valence-corrected chi connectivity index (χ1v) is 5.82. The molecule has 0 aliphatic carbocycles. The van der Waals surface area contributed by atoms with E-state index in [2.05, 4.69) is 4.90 Å². The highest BCUT2D eigenvalue weighted by Crippen LogP contribution is 2.10. The predicted octanol–water partition coefficient (Wildman–Crippen LogP) is 1.23. The molecule has 1 fully saturated rings. The zero-order valence-electron chi connectivity index (χ0n) is 9.37. The Hall–Kier alpha value is -0.120. The quantitative estimate of drug-likeness (QED) is 0.741. The van der Waals surface area contributed by atoms with E-state index in [4.69, 9.17) is 10.5 Å². The van der Waals surface area contributed by atoms with Gasteiger partial charge in [-0.25, -0.2) is 0 Å². The minimum atomic E-state index is 0.217. The second kappa shape index (κ2) is 7.21. The Labute approximate surface area is 87.6 Å². The Morgan fingerprint density at radius 1 is 1.14 bits per heavy atom. The van der Waals surface area contributed by atoms with Crippen LogP contribution in [-0.2, 0) is 4.74 Å². The maximum atomic E-state index is 5.62. The van der Waals surface area contributed by atoms with Gasteiger partial charge in [-0.1, -0.05) is 19.3 Å². The molecule has 0 aromatic carbocycles. The van der Waals surface area contributed by atoms with Crippen LogP contribution in [0.2, 0.25) is 0 Å². The minimum Gasteiger partial charge on any atom is -0.379 e. The lowest BCUT2D eigenvalue weighted by Gasteiger charge is -2.27. The van der Waals surface area contributed by atoms with Crippen LogP contribution in [-0.4, -0.2) is 44.3 Å². The van der Waals surface area contributed by atoms with Crippen molar-refractivity contribution in [1.82, 2.24) is 4.90 Å². The third-order valence-corrected chi connectivity index (χ3v) is 3.01. The van der Waals surface area contributed by atoms with Crippen molar-refractivity contribution in [2.24, 2.45) is 5.73 Å². The summed E-state index contributed by atoms with van der Waals surface area (Å²) >= 11 is 0. The normalized spacial score (nSPS) is 22.7. The zero-order chi connectivity index (χ0) is 10.2. The van der Waals surface area contributed by atoms with Crippen molar-refractivity contribution in [3.8, 4) is 0 Å². The van der Waals surface area contributed by atoms with E-state index in [-0.39, 0.29) is 6.10 Å². The summed E-state index contributed by atoms with van der Waals surface area (Å²) in [6, 6.07) is 0. The Morgan fingerprint density at radius 2 is 1.71 bits per heavy atom. The predicted molar refractivity (Wildman–Crippen MR) is 59.4 cm³/mol. The number of nitrogens with zero attached hydrogens (tertiary/aromatic N) is 1. The number of nitrogens with two attached hydrogens (primary N) is 1. The molecule has 3 heteroatoms. The SMILES string of the molecule is COC(CN)CN1CCCCCCC1. The molecule has 0 radical (unpaired) electrons. The molecule has 14 heavy (non-hydrogen) atoms. The first-order valence-electron chi connectivity index (χ1n) is 5.82. The van der Waals surface area contributed by atoms with Crippen molar-refractivity contribution in [2.45, 2.75) is 38.2 Å². The zero-order valence-corrected chi connectivity index (χ0v) is 9.37. The van der Waals surface area contributed by atoms with Gasteiger partial charge in [0, 0.05) is 20.2 Å². The second-order valence-corrected chi connectivity index (χ2v) is 4.16. The third kappa shape index (κ3) is 4.40. The molecule has 2 N–H and O–H groups in total. The number of hydrogen-bond donors (Lipinski definition) is 1. The van der Waals surface area contributed by atoms with Crippen molar-refractivity contribution in [3.05, 3.63) is 0 Å². The number of likely N-dealkylation sites (tertiary alicyclic amines) is 1. The van der Waals surface area contributed by atoms with Gasteiger partial charge in [-0.05, 0) is 25.9 Å². The van der Waals surface area contributed by atoms with Gasteiger partial charge in [0.1, 0.15) is 0 Å². The van der Waals surface area contributed by atoms with Crippen LogP contribution in [0.1, 0.15) is 32.1 Å². The number of rotatable bonds is 4. The lowest BCUT2D eigenvalue weighted by Crippen LogP contribution is -2.39. The summed E-state index contributed by atoms with van der Waals surface area (Å²) in [6.07, 6.45) is 7.07. The van der Waals surface area contributed by atoms with Crippen molar-refractivity contribution < 1.29 is 4.74 Å². The van der Waals surface area contributed by atoms with Gasteiger partial charge in [0.15, 0.2) is 0 Å². The maximum absolute atomic E-state index is 5.62. The largest absolute Gasteiger partial charge is 0.379 e. The topological polar surface area (TPSA) is 38.5 Å². The third-order valence-electron chi connectivity index (χ3n) is 3.01. The van der Waals surface area contributed by atoms with E-state index in [1.54, 1.807) is 7.11 Å². The fourth-order valence-corrected chi connectivity index (χ4v) is 2.03. The molecule has 1 heterocycles. The lowest BCUT2D eigenvalue weighted by atomic mass is 10.1. The van der Waals surface area contributed by atoms with Crippen molar-refractivity contribution >= 4 is 0 Å². The van der Waals surface area contributed by atoms with Crippen molar-refractivity contribution in [1.29, 1.82) is 0 Å². The summed E-state index contributed by atoms with van der Waals surface area (Å²) in [5, 5.41) is 0. The monoisotopic (exact) mass is 200 g/mol. The van der Waals surface area contributed by atoms with Gasteiger partial charge in [-0.2, -0.15) is 0 Å². The van der Waals surface area contributed by atoms with Crippen LogP contribution < -0.4 is 5.73 Å². The molecule has 1 atom stereocenters. The Morgan fingerprint density at radius 3 is 2.21 bits per heavy atom. The molecule has 1 aliphatic rings. The Bertz CT molecular complexity index is 129. The molecular formula is C11H24N2O. The van der Waals surface area contributed by atoms with Crippen LogP contribution in [0.4, 0.5) is 0 Å². The summed E-state index contributed by atoms with van der Waals surface area (Å²) in [5.74, 6) is 0. The van der Waals surface area contributed by atoms with E-state index in [1.807, 2.05) is 0 Å². The average molecular weight is 200 g/mol. The minimum absolute atomic E-state index is 0.217. The summed E-state index contributed by atoms with van der Waals surface area (Å²) in [6.45, 7) is 4.08. The van der Waals surface area contributed by atoms with E-state index < -0.39 is 0 Å². The van der Waals surface area contributed by atoms with Crippen molar-refractivity contribution in [2.75, 3.05) is 33.3 Å². The van der Waals surface area contributed by atoms with E-state index in [9.17, 15) is 0 Å². The van der Waals surface area contributed by atoms with E-state index in [0.29, 0.717) is 6.54 Å². The Balaban J connectivity index is 2.25. The first-order chi connectivity index (χ1) is 6.86. The molecule has 0 amide bonds. The van der Waals surface area contributed by atoms with E-state index in [1.165, 1.54) is 45.2 Å². The molecule has 0 saturated carbocycles. The highest BCUT2D eigenvalue weighted by Gasteiger charge is 2.13. The van der Waals surface area contributed by atoms with E-state index >= 15 is 0 Å². The molecule has 0 aromatic heterocycles. The summed E-state index contributed by atoms with van der Waals surface area (Å²) in [5.41, 5.74) is 5.62. The summed E-state index contributed by atoms with van der Waals surface area (Å²) in [4.78, 5) is 2.50. The number of methoxy groups -OCH3 is 1. The van der Waals surface area contributed by atoms with Crippen LogP contribution in [0.5, 0.6) is 0 Å². The van der Waals surface area contributed by atoms with Crippen LogP contribution >= 0.6 is 0 Å². The van der Waals surface area contributed by atoms with Crippen LogP contribution in [0.25, 0.3) is 0 Å². The van der Waals surface area contributed by atoms with Gasteiger partial charge in [-0.3, -0.25) is 0 Å². The van der Waals surface area contributed by atoms with Gasteiger partial charge in [-0.15, -0.1) is 0 Å². The van der Waals surface area contributed by atoms with Gasteiger partial charge in [0.2, 0.25) is 0 Å². The molecule has 0 bridgehead atoms. The highest BCUT2D eigenvalue weighted by atomic mass is 16.5. The number of ether oxygens (including phenoxy) is 1. The highest BCUT2D eigenvalue weighted by molar-refractivity contribution is 4.68. The van der Waals surface area contributed by atoms with Gasteiger partial charge in [0.05, 0.1) is 6.10 Å². The molecule has 1 saturated heterocycles. The molecule has 0 spiro atoms. The summed E-state index contributed by atoms with van der Waals surface area (Å²) < 4.78 is 5.31. The maximum Gasteiger partial charge on any atom is 0.0820 e. The van der Waals surface area contributed by atoms with Crippen LogP contribution in [0.15, 0.2) is 0 Å². The molecule has 84 valence electrons. The molecule has 3 nitrogen and oxygen atoms in total. The van der Waals surface area contributed by atoms with Crippen LogP contribution in [0.3, 0.4) is 0 Å². The lowest BCUT2D eigenvalue weighted by molar-refractivity contribution is 0.0671. The molecular weight excluding hydrogens is 176 g/mol. The molecule has 0 aromatic rings. The van der Waals surface area contributed by atoms with Gasteiger partial charge in [0.25, 0.3) is 0 Å². The van der Waals surface area contributed by atoms with Gasteiger partial charge < -0.3 is 15.4 Å². The molecule has 1 rings (SSSR count). The second-order valence-electron chi connectivity index (χ2n) is 4.16. The fourth-order valence-electron chi connectivity index (χ4n) is 2.03.